The predicted octanol–water partition coefficient (Wildman–Crippen LogP) is 2.99. The van der Waals surface area contributed by atoms with E-state index in [1.807, 2.05) is 13.0 Å². The number of carbonyl (C=O) groups is 1. The van der Waals surface area contributed by atoms with E-state index < -0.39 is 0 Å². The SMILES string of the molecule is C#CCCCCOc1cc(C=O)ccc1C. The minimum absolute atomic E-state index is 0.643. The largest absolute Gasteiger partial charge is 0.493 e. The quantitative estimate of drug-likeness (QED) is 0.415. The van der Waals surface area contributed by atoms with Crippen LogP contribution < -0.4 is 4.74 Å². The van der Waals surface area contributed by atoms with E-state index in [9.17, 15) is 4.79 Å². The van der Waals surface area contributed by atoms with E-state index in [0.717, 1.165) is 36.9 Å². The van der Waals surface area contributed by atoms with Crippen LogP contribution in [-0.2, 0) is 0 Å². The lowest BCUT2D eigenvalue weighted by Gasteiger charge is -2.08. The minimum atomic E-state index is 0.643. The Morgan fingerprint density at radius 2 is 2.25 bits per heavy atom. The summed E-state index contributed by atoms with van der Waals surface area (Å²) >= 11 is 0. The first kappa shape index (κ1) is 12.3. The molecule has 2 heteroatoms. The Balaban J connectivity index is 2.47. The van der Waals surface area contributed by atoms with Gasteiger partial charge in [0, 0.05) is 12.0 Å². The highest BCUT2D eigenvalue weighted by molar-refractivity contribution is 5.75. The molecule has 0 amide bonds. The molecule has 1 aromatic carbocycles. The highest BCUT2D eigenvalue weighted by Crippen LogP contribution is 2.19. The highest BCUT2D eigenvalue weighted by Gasteiger charge is 2.00. The summed E-state index contributed by atoms with van der Waals surface area (Å²) in [6, 6.07) is 5.44. The number of hydrogen-bond donors (Lipinski definition) is 0. The average molecular weight is 216 g/mol. The Morgan fingerprint density at radius 3 is 2.94 bits per heavy atom. The number of hydrogen-bond acceptors (Lipinski definition) is 2. The molecule has 0 aromatic heterocycles. The molecule has 16 heavy (non-hydrogen) atoms. The molecule has 0 saturated carbocycles. The third-order valence-corrected chi connectivity index (χ3v) is 2.32. The van der Waals surface area contributed by atoms with Crippen LogP contribution in [0.5, 0.6) is 5.75 Å². The molecular weight excluding hydrogens is 200 g/mol. The van der Waals surface area contributed by atoms with Crippen LogP contribution in [-0.4, -0.2) is 12.9 Å². The van der Waals surface area contributed by atoms with Gasteiger partial charge < -0.3 is 4.74 Å². The van der Waals surface area contributed by atoms with Gasteiger partial charge in [0.05, 0.1) is 6.61 Å². The lowest BCUT2D eigenvalue weighted by molar-refractivity contribution is 0.112. The van der Waals surface area contributed by atoms with Crippen molar-refractivity contribution in [2.24, 2.45) is 0 Å². The molecule has 0 fully saturated rings. The van der Waals surface area contributed by atoms with Crippen LogP contribution in [0.15, 0.2) is 18.2 Å². The van der Waals surface area contributed by atoms with E-state index in [-0.39, 0.29) is 0 Å². The van der Waals surface area contributed by atoms with Crippen LogP contribution in [0.2, 0.25) is 0 Å². The molecule has 0 unspecified atom stereocenters. The summed E-state index contributed by atoms with van der Waals surface area (Å²) in [6.07, 6.45) is 8.68. The summed E-state index contributed by atoms with van der Waals surface area (Å²) in [5.74, 6) is 3.38. The van der Waals surface area contributed by atoms with E-state index in [1.54, 1.807) is 12.1 Å². The Labute approximate surface area is 96.6 Å². The van der Waals surface area contributed by atoms with Crippen LogP contribution in [0.1, 0.15) is 35.2 Å². The van der Waals surface area contributed by atoms with Crippen molar-refractivity contribution in [2.45, 2.75) is 26.2 Å². The molecule has 0 spiro atoms. The molecule has 1 rings (SSSR count). The van der Waals surface area contributed by atoms with E-state index in [2.05, 4.69) is 5.92 Å². The second kappa shape index (κ2) is 6.68. The second-order valence-corrected chi connectivity index (χ2v) is 3.65. The van der Waals surface area contributed by atoms with Crippen molar-refractivity contribution in [2.75, 3.05) is 6.61 Å². The van der Waals surface area contributed by atoms with Gasteiger partial charge in [0.2, 0.25) is 0 Å². The van der Waals surface area contributed by atoms with Crippen molar-refractivity contribution < 1.29 is 9.53 Å². The van der Waals surface area contributed by atoms with E-state index in [1.165, 1.54) is 0 Å². The van der Waals surface area contributed by atoms with Gasteiger partial charge in [-0.25, -0.2) is 0 Å². The van der Waals surface area contributed by atoms with E-state index in [0.29, 0.717) is 12.2 Å². The van der Waals surface area contributed by atoms with Gasteiger partial charge >= 0.3 is 0 Å². The fourth-order valence-electron chi connectivity index (χ4n) is 1.36. The summed E-state index contributed by atoms with van der Waals surface area (Å²) in [5.41, 5.74) is 1.69. The fourth-order valence-corrected chi connectivity index (χ4v) is 1.36. The molecule has 1 aromatic rings. The van der Waals surface area contributed by atoms with Gasteiger partial charge in [0.1, 0.15) is 12.0 Å². The lowest BCUT2D eigenvalue weighted by atomic mass is 10.1. The smallest absolute Gasteiger partial charge is 0.150 e. The number of unbranched alkanes of at least 4 members (excludes halogenated alkanes) is 2. The molecule has 0 aliphatic carbocycles. The summed E-state index contributed by atoms with van der Waals surface area (Å²) in [4.78, 5) is 10.6. The summed E-state index contributed by atoms with van der Waals surface area (Å²) in [6.45, 7) is 2.61. The van der Waals surface area contributed by atoms with Crippen LogP contribution in [0, 0.1) is 19.3 Å². The van der Waals surface area contributed by atoms with E-state index >= 15 is 0 Å². The van der Waals surface area contributed by atoms with Crippen molar-refractivity contribution in [1.82, 2.24) is 0 Å². The molecule has 0 aliphatic rings. The molecule has 0 radical (unpaired) electrons. The van der Waals surface area contributed by atoms with Crippen LogP contribution >= 0.6 is 0 Å². The van der Waals surface area contributed by atoms with Crippen LogP contribution in [0.25, 0.3) is 0 Å². The molecule has 0 aliphatic heterocycles. The number of rotatable bonds is 6. The normalized spacial score (nSPS) is 9.50. The number of aryl methyl sites for hydroxylation is 1. The molecule has 0 bridgehead atoms. The molecule has 84 valence electrons. The molecule has 0 atom stereocenters. The van der Waals surface area contributed by atoms with Crippen molar-refractivity contribution in [3.8, 4) is 18.1 Å². The van der Waals surface area contributed by atoms with Gasteiger partial charge in [-0.05, 0) is 31.4 Å². The Bertz CT molecular complexity index is 388. The fraction of sp³-hybridized carbons (Fsp3) is 0.357. The summed E-state index contributed by atoms with van der Waals surface area (Å²) < 4.78 is 5.60. The zero-order valence-electron chi connectivity index (χ0n) is 9.53. The molecule has 2 nitrogen and oxygen atoms in total. The second-order valence-electron chi connectivity index (χ2n) is 3.65. The number of terminal acetylenes is 1. The first-order valence-electron chi connectivity index (χ1n) is 5.40. The zero-order chi connectivity index (χ0) is 11.8. The van der Waals surface area contributed by atoms with Gasteiger partial charge in [-0.3, -0.25) is 4.79 Å². The maximum absolute atomic E-state index is 10.6. The molecule has 0 saturated heterocycles. The number of benzene rings is 1. The number of ether oxygens (including phenoxy) is 1. The first-order chi connectivity index (χ1) is 7.77. The van der Waals surface area contributed by atoms with Crippen molar-refractivity contribution in [3.63, 3.8) is 0 Å². The molecule has 0 N–H and O–H groups in total. The van der Waals surface area contributed by atoms with E-state index in [4.69, 9.17) is 11.2 Å². The number of carbonyl (C=O) groups excluding carboxylic acids is 1. The topological polar surface area (TPSA) is 26.3 Å². The lowest BCUT2D eigenvalue weighted by Crippen LogP contribution is -1.99. The Hall–Kier alpha value is -1.75. The van der Waals surface area contributed by atoms with Crippen molar-refractivity contribution in [3.05, 3.63) is 29.3 Å². The molecular formula is C14H16O2. The standard InChI is InChI=1S/C14H16O2/c1-3-4-5-6-9-16-14-10-13(11-15)8-7-12(14)2/h1,7-8,10-11H,4-6,9H2,2H3. The maximum atomic E-state index is 10.6. The monoisotopic (exact) mass is 216 g/mol. The van der Waals surface area contributed by atoms with Crippen molar-refractivity contribution in [1.29, 1.82) is 0 Å². The van der Waals surface area contributed by atoms with Gasteiger partial charge in [-0.1, -0.05) is 12.1 Å². The summed E-state index contributed by atoms with van der Waals surface area (Å²) in [5, 5.41) is 0. The molecule has 0 heterocycles. The van der Waals surface area contributed by atoms with Gasteiger partial charge in [-0.15, -0.1) is 12.3 Å². The third-order valence-electron chi connectivity index (χ3n) is 2.32. The summed E-state index contributed by atoms with van der Waals surface area (Å²) in [7, 11) is 0. The maximum Gasteiger partial charge on any atom is 0.150 e. The highest BCUT2D eigenvalue weighted by atomic mass is 16.5. The van der Waals surface area contributed by atoms with Gasteiger partial charge in [0.15, 0.2) is 0 Å². The Kier molecular flexibility index (Phi) is 5.15. The minimum Gasteiger partial charge on any atom is -0.493 e. The van der Waals surface area contributed by atoms with Crippen LogP contribution in [0.4, 0.5) is 0 Å². The van der Waals surface area contributed by atoms with Gasteiger partial charge in [0.25, 0.3) is 0 Å². The van der Waals surface area contributed by atoms with Crippen LogP contribution in [0.3, 0.4) is 0 Å². The Morgan fingerprint density at radius 1 is 1.44 bits per heavy atom. The first-order valence-corrected chi connectivity index (χ1v) is 5.40. The average Bonchev–Trinajstić information content (AvgIpc) is 2.31. The third kappa shape index (κ3) is 3.78. The number of aldehydes is 1. The van der Waals surface area contributed by atoms with Crippen molar-refractivity contribution >= 4 is 6.29 Å². The van der Waals surface area contributed by atoms with Gasteiger partial charge in [-0.2, -0.15) is 0 Å². The predicted molar refractivity (Wildman–Crippen MR) is 64.7 cm³/mol. The zero-order valence-corrected chi connectivity index (χ0v) is 9.53.